The van der Waals surface area contributed by atoms with Gasteiger partial charge in [-0.1, -0.05) is 0 Å². The van der Waals surface area contributed by atoms with Crippen LogP contribution in [-0.2, 0) is 0 Å². The largest absolute Gasteiger partial charge is 0.318 e. The molecule has 1 N–H and O–H groups in total. The number of aryl methyl sites for hydroxylation is 1. The fourth-order valence-electron chi connectivity index (χ4n) is 0.888. The predicted molar refractivity (Wildman–Crippen MR) is 42.5 cm³/mol. The molecule has 2 rings (SSSR count). The first-order valence-electron chi connectivity index (χ1n) is 3.07. The lowest BCUT2D eigenvalue weighted by Crippen LogP contribution is -1.85. The van der Waals surface area contributed by atoms with Crippen molar-refractivity contribution in [3.63, 3.8) is 0 Å². The van der Waals surface area contributed by atoms with Gasteiger partial charge >= 0.3 is 0 Å². The van der Waals surface area contributed by atoms with Gasteiger partial charge in [-0.2, -0.15) is 0 Å². The van der Waals surface area contributed by atoms with Gasteiger partial charge in [-0.15, -0.1) is 12.6 Å². The molecule has 0 atom stereocenters. The van der Waals surface area contributed by atoms with Gasteiger partial charge in [-0.05, 0) is 6.92 Å². The van der Waals surface area contributed by atoms with Crippen LogP contribution in [0.2, 0.25) is 0 Å². The SMILES string of the molecule is Cc1n[c]nc2[nH]c(S)nc12. The van der Waals surface area contributed by atoms with Crippen molar-refractivity contribution in [2.75, 3.05) is 0 Å². The van der Waals surface area contributed by atoms with Gasteiger partial charge in [0.05, 0.1) is 5.69 Å². The maximum atomic E-state index is 4.08. The first-order chi connectivity index (χ1) is 5.27. The van der Waals surface area contributed by atoms with E-state index in [1.807, 2.05) is 6.92 Å². The second kappa shape index (κ2) is 2.20. The Morgan fingerprint density at radius 3 is 3.00 bits per heavy atom. The number of H-pyrrole nitrogens is 1. The van der Waals surface area contributed by atoms with E-state index in [-0.39, 0.29) is 0 Å². The van der Waals surface area contributed by atoms with Crippen molar-refractivity contribution in [3.8, 4) is 0 Å². The Bertz CT molecular complexity index is 394. The zero-order chi connectivity index (χ0) is 7.84. The van der Waals surface area contributed by atoms with Crippen molar-refractivity contribution in [2.45, 2.75) is 12.1 Å². The molecule has 11 heavy (non-hydrogen) atoms. The topological polar surface area (TPSA) is 54.5 Å². The molecule has 0 aliphatic heterocycles. The lowest BCUT2D eigenvalue weighted by molar-refractivity contribution is 1.08. The Morgan fingerprint density at radius 1 is 1.45 bits per heavy atom. The van der Waals surface area contributed by atoms with Crippen LogP contribution in [0.3, 0.4) is 0 Å². The molecule has 0 spiro atoms. The molecule has 2 aromatic rings. The van der Waals surface area contributed by atoms with E-state index < -0.39 is 0 Å². The van der Waals surface area contributed by atoms with Crippen molar-refractivity contribution in [3.05, 3.63) is 12.0 Å². The number of rotatable bonds is 0. The van der Waals surface area contributed by atoms with Gasteiger partial charge < -0.3 is 4.98 Å². The predicted octanol–water partition coefficient (Wildman–Crippen LogP) is 0.750. The first-order valence-corrected chi connectivity index (χ1v) is 3.51. The Balaban J connectivity index is 2.90. The van der Waals surface area contributed by atoms with Crippen LogP contribution in [0.1, 0.15) is 5.69 Å². The molecule has 0 aromatic carbocycles. The second-order valence-electron chi connectivity index (χ2n) is 2.17. The molecular weight excluding hydrogens is 160 g/mol. The van der Waals surface area contributed by atoms with Gasteiger partial charge in [0.15, 0.2) is 17.1 Å². The zero-order valence-electron chi connectivity index (χ0n) is 5.79. The minimum Gasteiger partial charge on any atom is -0.318 e. The third kappa shape index (κ3) is 0.970. The summed E-state index contributed by atoms with van der Waals surface area (Å²) in [6.45, 7) is 1.86. The fourth-order valence-corrected chi connectivity index (χ4v) is 1.09. The van der Waals surface area contributed by atoms with E-state index in [0.29, 0.717) is 10.8 Å². The van der Waals surface area contributed by atoms with E-state index in [1.165, 1.54) is 0 Å². The molecule has 4 nitrogen and oxygen atoms in total. The van der Waals surface area contributed by atoms with E-state index in [9.17, 15) is 0 Å². The highest BCUT2D eigenvalue weighted by atomic mass is 32.1. The summed E-state index contributed by atoms with van der Waals surface area (Å²) in [4.78, 5) is 14.7. The van der Waals surface area contributed by atoms with E-state index in [2.05, 4.69) is 38.9 Å². The van der Waals surface area contributed by atoms with Gasteiger partial charge in [0.25, 0.3) is 0 Å². The van der Waals surface area contributed by atoms with Crippen molar-refractivity contribution < 1.29 is 0 Å². The molecule has 0 aliphatic rings. The highest BCUT2D eigenvalue weighted by Crippen LogP contribution is 2.11. The minimum atomic E-state index is 0.553. The summed E-state index contributed by atoms with van der Waals surface area (Å²) in [6.07, 6.45) is 2.51. The monoisotopic (exact) mass is 165 g/mol. The van der Waals surface area contributed by atoms with Gasteiger partial charge in [0.1, 0.15) is 5.52 Å². The number of imidazole rings is 1. The third-order valence-electron chi connectivity index (χ3n) is 1.39. The average molecular weight is 165 g/mol. The van der Waals surface area contributed by atoms with Gasteiger partial charge in [-0.25, -0.2) is 15.0 Å². The zero-order valence-corrected chi connectivity index (χ0v) is 6.68. The lowest BCUT2D eigenvalue weighted by atomic mass is 10.4. The fraction of sp³-hybridized carbons (Fsp3) is 0.167. The number of aromatic amines is 1. The lowest BCUT2D eigenvalue weighted by Gasteiger charge is -1.87. The first kappa shape index (κ1) is 6.60. The standard InChI is InChI=1S/C6H5N4S/c1-3-4-5(8-2-7-3)10-6(11)9-4/h1H3,(H2,7,8,9,10,11). The maximum Gasteiger partial charge on any atom is 0.200 e. The minimum absolute atomic E-state index is 0.553. The smallest absolute Gasteiger partial charge is 0.200 e. The van der Waals surface area contributed by atoms with Crippen LogP contribution in [0.4, 0.5) is 0 Å². The van der Waals surface area contributed by atoms with Crippen LogP contribution in [0.15, 0.2) is 5.16 Å². The number of thiol groups is 1. The normalized spacial score (nSPS) is 10.7. The van der Waals surface area contributed by atoms with Crippen molar-refractivity contribution >= 4 is 23.8 Å². The number of aromatic nitrogens is 4. The molecule has 2 aromatic heterocycles. The summed E-state index contributed by atoms with van der Waals surface area (Å²) in [5, 5.41) is 0.553. The molecule has 0 saturated heterocycles. The molecule has 0 aliphatic carbocycles. The Kier molecular flexibility index (Phi) is 1.32. The van der Waals surface area contributed by atoms with Gasteiger partial charge in [-0.3, -0.25) is 0 Å². The van der Waals surface area contributed by atoms with E-state index in [4.69, 9.17) is 0 Å². The molecule has 55 valence electrons. The molecule has 1 radical (unpaired) electrons. The number of hydrogen-bond acceptors (Lipinski definition) is 4. The molecule has 2 heterocycles. The third-order valence-corrected chi connectivity index (χ3v) is 1.61. The van der Waals surface area contributed by atoms with Crippen molar-refractivity contribution in [1.82, 2.24) is 19.9 Å². The van der Waals surface area contributed by atoms with Gasteiger partial charge in [0, 0.05) is 0 Å². The van der Waals surface area contributed by atoms with Crippen LogP contribution in [0.5, 0.6) is 0 Å². The molecular formula is C6H5N4S. The summed E-state index contributed by atoms with van der Waals surface area (Å²) in [7, 11) is 0. The summed E-state index contributed by atoms with van der Waals surface area (Å²) in [6, 6.07) is 0. The molecule has 0 bridgehead atoms. The van der Waals surface area contributed by atoms with Gasteiger partial charge in [0.2, 0.25) is 0 Å². The Labute approximate surface area is 68.5 Å². The molecule has 0 unspecified atom stereocenters. The van der Waals surface area contributed by atoms with E-state index in [1.54, 1.807) is 0 Å². The summed E-state index contributed by atoms with van der Waals surface area (Å²) < 4.78 is 0. The van der Waals surface area contributed by atoms with E-state index >= 15 is 0 Å². The van der Waals surface area contributed by atoms with Crippen LogP contribution in [0, 0.1) is 13.3 Å². The number of nitrogens with zero attached hydrogens (tertiary/aromatic N) is 3. The molecule has 5 heteroatoms. The van der Waals surface area contributed by atoms with Crippen molar-refractivity contribution in [1.29, 1.82) is 0 Å². The van der Waals surface area contributed by atoms with Crippen LogP contribution in [-0.4, -0.2) is 19.9 Å². The Morgan fingerprint density at radius 2 is 2.27 bits per heavy atom. The number of fused-ring (bicyclic) bond motifs is 1. The maximum absolute atomic E-state index is 4.08. The highest BCUT2D eigenvalue weighted by molar-refractivity contribution is 7.80. The van der Waals surface area contributed by atoms with E-state index in [0.717, 1.165) is 11.2 Å². The molecule has 0 saturated carbocycles. The average Bonchev–Trinajstić information content (AvgIpc) is 2.31. The second-order valence-corrected chi connectivity index (χ2v) is 2.59. The Hall–Kier alpha value is -1.10. The highest BCUT2D eigenvalue weighted by Gasteiger charge is 2.03. The molecule has 0 amide bonds. The summed E-state index contributed by atoms with van der Waals surface area (Å²) in [5.74, 6) is 0. The quantitative estimate of drug-likeness (QED) is 0.566. The van der Waals surface area contributed by atoms with Crippen LogP contribution in [0.25, 0.3) is 11.2 Å². The summed E-state index contributed by atoms with van der Waals surface area (Å²) in [5.41, 5.74) is 2.25. The number of nitrogens with one attached hydrogen (secondary N) is 1. The van der Waals surface area contributed by atoms with Crippen LogP contribution >= 0.6 is 12.6 Å². The van der Waals surface area contributed by atoms with Crippen LogP contribution < -0.4 is 0 Å². The summed E-state index contributed by atoms with van der Waals surface area (Å²) >= 11 is 4.04. The van der Waals surface area contributed by atoms with Crippen molar-refractivity contribution in [2.24, 2.45) is 0 Å². The molecule has 0 fully saturated rings. The number of hydrogen-bond donors (Lipinski definition) is 2.